The van der Waals surface area contributed by atoms with Crippen LogP contribution < -0.4 is 0 Å². The van der Waals surface area contributed by atoms with Crippen LogP contribution in [0.1, 0.15) is 39.5 Å². The summed E-state index contributed by atoms with van der Waals surface area (Å²) in [6.45, 7) is 4.84. The van der Waals surface area contributed by atoms with E-state index in [1.165, 1.54) is 11.1 Å². The van der Waals surface area contributed by atoms with Gasteiger partial charge in [0.25, 0.3) is 0 Å². The summed E-state index contributed by atoms with van der Waals surface area (Å²) < 4.78 is 5.80. The van der Waals surface area contributed by atoms with Crippen molar-refractivity contribution in [3.63, 3.8) is 0 Å². The first-order valence-electron chi connectivity index (χ1n) is 8.07. The van der Waals surface area contributed by atoms with Gasteiger partial charge in [0.2, 0.25) is 0 Å². The minimum Gasteiger partial charge on any atom is -0.461 e. The number of hydrogen-bond donors (Lipinski definition) is 1. The predicted molar refractivity (Wildman–Crippen MR) is 87.9 cm³/mol. The zero-order valence-corrected chi connectivity index (χ0v) is 14.8. The summed E-state index contributed by atoms with van der Waals surface area (Å²) in [4.78, 5) is 14.4. The summed E-state index contributed by atoms with van der Waals surface area (Å²) in [5.74, 6) is 0.122. The molecule has 0 aromatic heterocycles. The maximum atomic E-state index is 12.3. The first kappa shape index (κ1) is 17.8. The smallest absolute Gasteiger partial charge is 0.310 e. The molecule has 1 unspecified atom stereocenters. The molecule has 3 aliphatic rings. The van der Waals surface area contributed by atoms with Crippen LogP contribution in [0.2, 0.25) is 0 Å². The average Bonchev–Trinajstić information content (AvgIpc) is 2.79. The van der Waals surface area contributed by atoms with Crippen LogP contribution in [-0.4, -0.2) is 48.3 Å². The van der Waals surface area contributed by atoms with E-state index in [2.05, 4.69) is 11.8 Å². The summed E-state index contributed by atoms with van der Waals surface area (Å²) in [5, 5.41) is 10.8. The van der Waals surface area contributed by atoms with Gasteiger partial charge in [0.15, 0.2) is 0 Å². The SMILES string of the molecule is CC1=C2CC[C@@](C)(O)C2[C@H]2OC(=O)[C@@H](CN(C)C)[C@@H]2CC1.Cl. The van der Waals surface area contributed by atoms with Crippen LogP contribution >= 0.6 is 12.4 Å². The van der Waals surface area contributed by atoms with E-state index in [4.69, 9.17) is 4.74 Å². The molecule has 2 fully saturated rings. The number of rotatable bonds is 2. The molecule has 5 atom stereocenters. The molecule has 0 amide bonds. The van der Waals surface area contributed by atoms with Crippen LogP contribution in [0.5, 0.6) is 0 Å². The Labute approximate surface area is 139 Å². The molecule has 0 bridgehead atoms. The van der Waals surface area contributed by atoms with Gasteiger partial charge in [-0.15, -0.1) is 12.4 Å². The third-order valence-corrected chi connectivity index (χ3v) is 5.73. The van der Waals surface area contributed by atoms with Crippen molar-refractivity contribution < 1.29 is 14.6 Å². The minimum absolute atomic E-state index is 0. The highest BCUT2D eigenvalue weighted by molar-refractivity contribution is 5.85. The Hall–Kier alpha value is -0.580. The summed E-state index contributed by atoms with van der Waals surface area (Å²) >= 11 is 0. The van der Waals surface area contributed by atoms with E-state index in [-0.39, 0.29) is 42.2 Å². The van der Waals surface area contributed by atoms with E-state index < -0.39 is 5.60 Å². The molecule has 126 valence electrons. The normalized spacial score (nSPS) is 40.9. The number of ether oxygens (including phenoxy) is 1. The maximum absolute atomic E-state index is 12.3. The van der Waals surface area contributed by atoms with Crippen LogP contribution in [0.25, 0.3) is 0 Å². The molecule has 22 heavy (non-hydrogen) atoms. The molecule has 1 heterocycles. The first-order valence-corrected chi connectivity index (χ1v) is 8.07. The van der Waals surface area contributed by atoms with Crippen LogP contribution in [-0.2, 0) is 9.53 Å². The fraction of sp³-hybridized carbons (Fsp3) is 0.824. The third kappa shape index (κ3) is 2.81. The lowest BCUT2D eigenvalue weighted by Crippen LogP contribution is -2.41. The van der Waals surface area contributed by atoms with Gasteiger partial charge < -0.3 is 14.7 Å². The fourth-order valence-corrected chi connectivity index (χ4v) is 4.65. The highest BCUT2D eigenvalue weighted by atomic mass is 35.5. The molecule has 5 heteroatoms. The Morgan fingerprint density at radius 2 is 2.05 bits per heavy atom. The van der Waals surface area contributed by atoms with Gasteiger partial charge in [0.05, 0.1) is 11.5 Å². The van der Waals surface area contributed by atoms with Crippen LogP contribution in [0.3, 0.4) is 0 Å². The lowest BCUT2D eigenvalue weighted by molar-refractivity contribution is -0.148. The molecule has 2 aliphatic carbocycles. The Morgan fingerprint density at radius 1 is 1.36 bits per heavy atom. The Balaban J connectivity index is 0.00000176. The molecule has 1 saturated carbocycles. The molecule has 1 N–H and O–H groups in total. The van der Waals surface area contributed by atoms with Crippen LogP contribution in [0.15, 0.2) is 11.1 Å². The van der Waals surface area contributed by atoms with Crippen molar-refractivity contribution in [2.24, 2.45) is 17.8 Å². The summed E-state index contributed by atoms with van der Waals surface area (Å²) in [7, 11) is 4.00. The lowest BCUT2D eigenvalue weighted by Gasteiger charge is -2.33. The monoisotopic (exact) mass is 329 g/mol. The predicted octanol–water partition coefficient (Wildman–Crippen LogP) is 2.40. The van der Waals surface area contributed by atoms with E-state index in [1.807, 2.05) is 21.0 Å². The van der Waals surface area contributed by atoms with E-state index in [0.29, 0.717) is 0 Å². The zero-order valence-electron chi connectivity index (χ0n) is 14.0. The first-order chi connectivity index (χ1) is 9.81. The standard InChI is InChI=1S/C17H27NO3.ClH/c1-10-5-6-12-13(9-18(3)4)16(19)21-15(12)14-11(10)7-8-17(14,2)20;/h12-15,20H,5-9H2,1-4H3;1H/t12-,13-,14?,15-,17+;/m0./s1. The van der Waals surface area contributed by atoms with Crippen molar-refractivity contribution in [1.82, 2.24) is 4.90 Å². The van der Waals surface area contributed by atoms with Gasteiger partial charge in [-0.1, -0.05) is 11.1 Å². The van der Waals surface area contributed by atoms with Crippen molar-refractivity contribution in [2.45, 2.75) is 51.2 Å². The molecule has 0 radical (unpaired) electrons. The zero-order chi connectivity index (χ0) is 15.4. The van der Waals surface area contributed by atoms with Gasteiger partial charge in [0, 0.05) is 18.4 Å². The second-order valence-corrected chi connectivity index (χ2v) is 7.61. The lowest BCUT2D eigenvalue weighted by atomic mass is 9.77. The van der Waals surface area contributed by atoms with Gasteiger partial charge in [-0.25, -0.2) is 0 Å². The van der Waals surface area contributed by atoms with Crippen molar-refractivity contribution >= 4 is 18.4 Å². The average molecular weight is 330 g/mol. The Morgan fingerprint density at radius 3 is 2.68 bits per heavy atom. The maximum Gasteiger partial charge on any atom is 0.310 e. The number of halogens is 1. The number of carbonyl (C=O) groups is 1. The van der Waals surface area contributed by atoms with Crippen LogP contribution in [0.4, 0.5) is 0 Å². The number of aliphatic hydroxyl groups is 1. The number of carbonyl (C=O) groups excluding carboxylic acids is 1. The molecule has 0 spiro atoms. The number of hydrogen-bond acceptors (Lipinski definition) is 4. The van der Waals surface area contributed by atoms with E-state index in [1.54, 1.807) is 0 Å². The molecule has 0 aromatic carbocycles. The summed E-state index contributed by atoms with van der Waals surface area (Å²) in [6.07, 6.45) is 3.62. The van der Waals surface area contributed by atoms with Crippen LogP contribution in [0, 0.1) is 17.8 Å². The molecule has 4 nitrogen and oxygen atoms in total. The molecular formula is C17H28ClNO3. The van der Waals surface area contributed by atoms with E-state index in [9.17, 15) is 9.90 Å². The minimum atomic E-state index is -0.739. The highest BCUT2D eigenvalue weighted by Gasteiger charge is 2.56. The number of esters is 1. The van der Waals surface area contributed by atoms with Crippen molar-refractivity contribution in [3.05, 3.63) is 11.1 Å². The van der Waals surface area contributed by atoms with Crippen molar-refractivity contribution in [1.29, 1.82) is 0 Å². The third-order valence-electron chi connectivity index (χ3n) is 5.73. The second kappa shape index (κ2) is 6.14. The van der Waals surface area contributed by atoms with Gasteiger partial charge >= 0.3 is 5.97 Å². The Kier molecular flexibility index (Phi) is 4.96. The molecule has 3 rings (SSSR count). The summed E-state index contributed by atoms with van der Waals surface area (Å²) in [5.41, 5.74) is 2.02. The largest absolute Gasteiger partial charge is 0.461 e. The highest BCUT2D eigenvalue weighted by Crippen LogP contribution is 2.52. The van der Waals surface area contributed by atoms with Crippen molar-refractivity contribution in [2.75, 3.05) is 20.6 Å². The number of allylic oxidation sites excluding steroid dienone is 1. The Bertz CT molecular complexity index is 486. The quantitative estimate of drug-likeness (QED) is 0.624. The topological polar surface area (TPSA) is 49.8 Å². The summed E-state index contributed by atoms with van der Waals surface area (Å²) in [6, 6.07) is 0. The number of fused-ring (bicyclic) bond motifs is 3. The molecule has 1 aliphatic heterocycles. The molecule has 1 saturated heterocycles. The molecule has 0 aromatic rings. The molecular weight excluding hydrogens is 302 g/mol. The fourth-order valence-electron chi connectivity index (χ4n) is 4.65. The van der Waals surface area contributed by atoms with Gasteiger partial charge in [-0.2, -0.15) is 0 Å². The van der Waals surface area contributed by atoms with E-state index in [0.717, 1.165) is 32.2 Å². The van der Waals surface area contributed by atoms with Crippen molar-refractivity contribution in [3.8, 4) is 0 Å². The van der Waals surface area contributed by atoms with E-state index >= 15 is 0 Å². The van der Waals surface area contributed by atoms with Gasteiger partial charge in [-0.05, 0) is 53.6 Å². The number of nitrogens with zero attached hydrogens (tertiary/aromatic N) is 1. The van der Waals surface area contributed by atoms with Gasteiger partial charge in [0.1, 0.15) is 6.10 Å². The second-order valence-electron chi connectivity index (χ2n) is 7.61. The van der Waals surface area contributed by atoms with Gasteiger partial charge in [-0.3, -0.25) is 4.79 Å².